The zero-order valence-electron chi connectivity index (χ0n) is 15.5. The predicted octanol–water partition coefficient (Wildman–Crippen LogP) is 4.13. The van der Waals surface area contributed by atoms with Gasteiger partial charge in [-0.2, -0.15) is 0 Å². The van der Waals surface area contributed by atoms with Crippen molar-refractivity contribution in [3.8, 4) is 12.3 Å². The smallest absolute Gasteiger partial charge is 0.327 e. The second kappa shape index (κ2) is 7.61. The minimum absolute atomic E-state index is 0.117. The lowest BCUT2D eigenvalue weighted by Crippen LogP contribution is -2.57. The number of hydrogen-bond acceptors (Lipinski definition) is 4. The van der Waals surface area contributed by atoms with Gasteiger partial charge in [0.25, 0.3) is 5.79 Å². The summed E-state index contributed by atoms with van der Waals surface area (Å²) in [5.41, 5.74) is 0.0885. The van der Waals surface area contributed by atoms with Crippen LogP contribution in [0.2, 0.25) is 0 Å². The summed E-state index contributed by atoms with van der Waals surface area (Å²) in [5.74, 6) is -0.550. The van der Waals surface area contributed by atoms with E-state index in [4.69, 9.17) is 15.9 Å². The van der Waals surface area contributed by atoms with Gasteiger partial charge in [-0.05, 0) is 18.9 Å². The molecule has 0 bridgehead atoms. The van der Waals surface area contributed by atoms with Gasteiger partial charge in [0.05, 0.1) is 0 Å². The fraction of sp³-hybridized carbons (Fsp3) is 0.364. The summed E-state index contributed by atoms with van der Waals surface area (Å²) in [4.78, 5) is 25.9. The Labute approximate surface area is 154 Å². The van der Waals surface area contributed by atoms with Gasteiger partial charge in [-0.3, -0.25) is 9.59 Å². The Morgan fingerprint density at radius 1 is 1.23 bits per heavy atom. The molecule has 26 heavy (non-hydrogen) atoms. The summed E-state index contributed by atoms with van der Waals surface area (Å²) < 4.78 is 10.8. The van der Waals surface area contributed by atoms with E-state index in [-0.39, 0.29) is 12.8 Å². The van der Waals surface area contributed by atoms with Crippen LogP contribution in [0.3, 0.4) is 0 Å². The Hall–Kier alpha value is -2.80. The summed E-state index contributed by atoms with van der Waals surface area (Å²) in [7, 11) is 0. The molecule has 1 unspecified atom stereocenters. The molecule has 1 aromatic rings. The minimum Gasteiger partial charge on any atom is -0.422 e. The maximum absolute atomic E-state index is 12.9. The van der Waals surface area contributed by atoms with Crippen LogP contribution < -0.4 is 0 Å². The first-order valence-corrected chi connectivity index (χ1v) is 8.49. The van der Waals surface area contributed by atoms with Gasteiger partial charge in [0.15, 0.2) is 5.41 Å². The number of terminal acetylenes is 1. The molecule has 4 heteroatoms. The van der Waals surface area contributed by atoms with E-state index in [1.807, 2.05) is 36.4 Å². The van der Waals surface area contributed by atoms with Gasteiger partial charge in [0, 0.05) is 26.2 Å². The molecule has 1 heterocycles. The van der Waals surface area contributed by atoms with E-state index in [1.54, 1.807) is 13.0 Å². The Balaban J connectivity index is 2.49. The molecule has 1 aliphatic rings. The van der Waals surface area contributed by atoms with Crippen molar-refractivity contribution in [2.24, 2.45) is 11.3 Å². The van der Waals surface area contributed by atoms with Crippen molar-refractivity contribution in [2.75, 3.05) is 0 Å². The lowest BCUT2D eigenvalue weighted by molar-refractivity contribution is -0.254. The van der Waals surface area contributed by atoms with Crippen molar-refractivity contribution in [1.29, 1.82) is 0 Å². The fourth-order valence-corrected chi connectivity index (χ4v) is 3.11. The first kappa shape index (κ1) is 19.5. The number of carbonyl (C=O) groups excluding carboxylic acids is 2. The van der Waals surface area contributed by atoms with Crippen molar-refractivity contribution in [3.63, 3.8) is 0 Å². The van der Waals surface area contributed by atoms with E-state index >= 15 is 0 Å². The van der Waals surface area contributed by atoms with Gasteiger partial charge in [0.1, 0.15) is 0 Å². The van der Waals surface area contributed by atoms with Crippen LogP contribution in [0.1, 0.15) is 39.2 Å². The normalized spacial score (nSPS) is 19.3. The molecule has 0 amide bonds. The monoisotopic (exact) mass is 352 g/mol. The zero-order chi connectivity index (χ0) is 19.4. The van der Waals surface area contributed by atoms with Gasteiger partial charge in [-0.1, -0.05) is 48.1 Å². The molecular weight excluding hydrogens is 328 g/mol. The molecule has 1 saturated heterocycles. The van der Waals surface area contributed by atoms with Gasteiger partial charge in [0.2, 0.25) is 0 Å². The van der Waals surface area contributed by atoms with Gasteiger partial charge in [-0.25, -0.2) is 0 Å². The third kappa shape index (κ3) is 4.05. The Kier molecular flexibility index (Phi) is 5.72. The molecule has 1 fully saturated rings. The molecule has 0 radical (unpaired) electrons. The van der Waals surface area contributed by atoms with Gasteiger partial charge in [-0.15, -0.1) is 18.9 Å². The summed E-state index contributed by atoms with van der Waals surface area (Å²) in [5, 5.41) is 0. The average Bonchev–Trinajstić information content (AvgIpc) is 2.55. The molecule has 1 aliphatic heterocycles. The van der Waals surface area contributed by atoms with Crippen LogP contribution in [-0.4, -0.2) is 17.7 Å². The first-order chi connectivity index (χ1) is 12.2. The number of allylic oxidation sites excluding steroid dienone is 2. The van der Waals surface area contributed by atoms with Crippen LogP contribution in [0.5, 0.6) is 0 Å². The lowest BCUT2D eigenvalue weighted by atomic mass is 9.69. The third-order valence-electron chi connectivity index (χ3n) is 4.28. The van der Waals surface area contributed by atoms with Crippen LogP contribution in [-0.2, 0) is 19.1 Å². The number of hydrogen-bond donors (Lipinski definition) is 0. The van der Waals surface area contributed by atoms with Crippen molar-refractivity contribution in [3.05, 3.63) is 54.1 Å². The molecule has 0 spiro atoms. The van der Waals surface area contributed by atoms with Crippen molar-refractivity contribution >= 4 is 18.0 Å². The molecule has 0 aliphatic carbocycles. The number of benzene rings is 1. The number of rotatable bonds is 6. The molecule has 1 atom stereocenters. The summed E-state index contributed by atoms with van der Waals surface area (Å²) in [6.07, 6.45) is 9.48. The van der Waals surface area contributed by atoms with E-state index in [2.05, 4.69) is 12.5 Å². The highest BCUT2D eigenvalue weighted by molar-refractivity contribution is 6.02. The number of cyclic esters (lactones) is 2. The maximum Gasteiger partial charge on any atom is 0.327 e. The molecule has 2 rings (SSSR count). The molecular formula is C22H24O4. The second-order valence-corrected chi connectivity index (χ2v) is 7.07. The largest absolute Gasteiger partial charge is 0.422 e. The van der Waals surface area contributed by atoms with E-state index in [1.165, 1.54) is 13.8 Å². The highest BCUT2D eigenvalue weighted by Crippen LogP contribution is 2.45. The Morgan fingerprint density at radius 2 is 1.81 bits per heavy atom. The molecule has 1 aromatic carbocycles. The molecule has 136 valence electrons. The standard InChI is InChI=1S/C22H24O4/c1-6-10-18(14-13-17-11-8-7-9-12-17)22(15-16(2)3)19(23)25-21(4,5)26-20(22)24/h1,7-9,11-14,18H,2,10,15H2,3-5H3/b14-13+. The highest BCUT2D eigenvalue weighted by atomic mass is 16.7. The average molecular weight is 352 g/mol. The van der Waals surface area contributed by atoms with Crippen molar-refractivity contribution < 1.29 is 19.1 Å². The van der Waals surface area contributed by atoms with Gasteiger partial charge >= 0.3 is 11.9 Å². The lowest BCUT2D eigenvalue weighted by Gasteiger charge is -2.43. The van der Waals surface area contributed by atoms with E-state index in [0.29, 0.717) is 5.57 Å². The number of ether oxygens (including phenoxy) is 2. The van der Waals surface area contributed by atoms with Crippen LogP contribution >= 0.6 is 0 Å². The minimum atomic E-state index is -1.53. The Bertz CT molecular complexity index is 745. The Morgan fingerprint density at radius 3 is 2.31 bits per heavy atom. The highest BCUT2D eigenvalue weighted by Gasteiger charge is 2.59. The van der Waals surface area contributed by atoms with Crippen LogP contribution in [0.15, 0.2) is 48.6 Å². The van der Waals surface area contributed by atoms with Gasteiger partial charge < -0.3 is 9.47 Å². The van der Waals surface area contributed by atoms with Crippen LogP contribution in [0.4, 0.5) is 0 Å². The van der Waals surface area contributed by atoms with Crippen LogP contribution in [0.25, 0.3) is 6.08 Å². The van der Waals surface area contributed by atoms with E-state index < -0.39 is 29.1 Å². The first-order valence-electron chi connectivity index (χ1n) is 8.49. The van der Waals surface area contributed by atoms with Crippen molar-refractivity contribution in [2.45, 2.75) is 39.4 Å². The van der Waals surface area contributed by atoms with E-state index in [9.17, 15) is 9.59 Å². The summed E-state index contributed by atoms with van der Waals surface area (Å²) in [6.45, 7) is 8.69. The van der Waals surface area contributed by atoms with E-state index in [0.717, 1.165) is 5.56 Å². The quantitative estimate of drug-likeness (QED) is 0.334. The third-order valence-corrected chi connectivity index (χ3v) is 4.28. The SMILES string of the molecule is C#CCC(/C=C/c1ccccc1)C1(CC(=C)C)C(=O)OC(C)(C)OC1=O. The maximum atomic E-state index is 12.9. The molecule has 0 aromatic heterocycles. The second-order valence-electron chi connectivity index (χ2n) is 7.07. The predicted molar refractivity (Wildman–Crippen MR) is 101 cm³/mol. The van der Waals surface area contributed by atoms with Crippen LogP contribution in [0, 0.1) is 23.7 Å². The summed E-state index contributed by atoms with van der Waals surface area (Å²) in [6, 6.07) is 9.58. The zero-order valence-corrected chi connectivity index (χ0v) is 15.5. The molecule has 0 N–H and O–H groups in total. The fourth-order valence-electron chi connectivity index (χ4n) is 3.11. The topological polar surface area (TPSA) is 52.6 Å². The number of esters is 2. The molecule has 4 nitrogen and oxygen atoms in total. The molecule has 0 saturated carbocycles. The summed E-state index contributed by atoms with van der Waals surface area (Å²) >= 11 is 0. The number of carbonyl (C=O) groups is 2. The van der Waals surface area contributed by atoms with Crippen molar-refractivity contribution in [1.82, 2.24) is 0 Å².